The van der Waals surface area contributed by atoms with Crippen LogP contribution in [0.2, 0.25) is 0 Å². The lowest BCUT2D eigenvalue weighted by Gasteiger charge is -2.42. The SMILES string of the molecule is C[C@@H](Cc1cccc([C@@]2(C)CCCC(C)(C)CS(C)(C)(=O)CCc3c(c(F)cc4[nH]ccc34)Sc3ccc(F)c(c3)-c3nc2nn3C)c1)C(N)=O. The van der Waals surface area contributed by atoms with Gasteiger partial charge in [-0.2, -0.15) is 5.10 Å². The molecule has 0 fully saturated rings. The molecule has 2 atom stereocenters. The second-order valence-electron chi connectivity index (χ2n) is 16.2. The van der Waals surface area contributed by atoms with E-state index in [2.05, 4.69) is 37.9 Å². The molecule has 1 amide bonds. The predicted molar refractivity (Wildman–Crippen MR) is 205 cm³/mol. The smallest absolute Gasteiger partial charge is 0.220 e. The Balaban J connectivity index is 1.51. The second kappa shape index (κ2) is 13.3. The molecule has 0 spiro atoms. The van der Waals surface area contributed by atoms with Gasteiger partial charge in [0.25, 0.3) is 0 Å². The van der Waals surface area contributed by atoms with E-state index in [0.717, 1.165) is 34.9 Å². The molecule has 1 aliphatic rings. The highest BCUT2D eigenvalue weighted by Gasteiger charge is 2.38. The Bertz CT molecular complexity index is 2200. The Morgan fingerprint density at radius 1 is 1.08 bits per heavy atom. The fraction of sp³-hybridized carbons (Fsp3) is 0.425. The van der Waals surface area contributed by atoms with Crippen LogP contribution in [0, 0.1) is 23.0 Å². The maximum absolute atomic E-state index is 16.0. The number of carbonyl (C=O) groups is 1. The third kappa shape index (κ3) is 7.84. The van der Waals surface area contributed by atoms with Gasteiger partial charge in [-0.3, -0.25) is 9.00 Å². The van der Waals surface area contributed by atoms with Crippen LogP contribution in [0.5, 0.6) is 0 Å². The van der Waals surface area contributed by atoms with E-state index in [1.807, 2.05) is 37.6 Å². The topological polar surface area (TPSA) is 107 Å². The van der Waals surface area contributed by atoms with E-state index in [1.54, 1.807) is 30.1 Å². The largest absolute Gasteiger partial charge is 0.369 e. The molecule has 0 radical (unpaired) electrons. The van der Waals surface area contributed by atoms with Crippen molar-refractivity contribution in [1.29, 1.82) is 0 Å². The standard InChI is InChI=1S/C40H49F2N5O2S2/c1-25(36(43)48)20-26-10-8-11-27(21-26)40(4)17-9-16-39(2,3)24-51(6,7,49)19-15-30-29-14-18-44-34(29)23-33(42)35(30)50-28-12-13-32(41)31(22-28)37-45-38(40)46-47(37)5/h8,10-14,18,21-23,25,44H,9,15-17,19-20,24H2,1-7H3,(H2,43,48)/t25-,40+/m0/s1. The highest BCUT2D eigenvalue weighted by molar-refractivity contribution is 8.18. The van der Waals surface area contributed by atoms with Gasteiger partial charge >= 0.3 is 0 Å². The normalized spacial score (nSPS) is 21.8. The number of aryl methyl sites for hydroxylation is 2. The average Bonchev–Trinajstić information content (AvgIpc) is 3.67. The third-order valence-corrected chi connectivity index (χ3v) is 14.8. The first kappa shape index (κ1) is 36.9. The molecule has 51 heavy (non-hydrogen) atoms. The Hall–Kier alpha value is -3.83. The second-order valence-corrected chi connectivity index (χ2v) is 22.7. The molecule has 6 rings (SSSR count). The number of aromatic amines is 1. The Labute approximate surface area is 303 Å². The molecule has 1 aliphatic heterocycles. The van der Waals surface area contributed by atoms with Crippen molar-refractivity contribution in [2.45, 2.75) is 75.0 Å². The summed E-state index contributed by atoms with van der Waals surface area (Å²) in [7, 11) is -1.41. The molecule has 0 aliphatic carbocycles. The molecule has 7 nitrogen and oxygen atoms in total. The van der Waals surface area contributed by atoms with Gasteiger partial charge in [-0.25, -0.2) is 18.4 Å². The van der Waals surface area contributed by atoms with Gasteiger partial charge in [0.1, 0.15) is 11.6 Å². The molecule has 3 heterocycles. The number of carbonyl (C=O) groups excluding carboxylic acids is 1. The number of hydrogen-bond donors (Lipinski definition) is 2. The highest BCUT2D eigenvalue weighted by atomic mass is 32.3. The number of benzene rings is 3. The molecule has 272 valence electrons. The molecule has 0 saturated heterocycles. The minimum Gasteiger partial charge on any atom is -0.369 e. The van der Waals surface area contributed by atoms with Crippen LogP contribution in [0.3, 0.4) is 0 Å². The van der Waals surface area contributed by atoms with Crippen LogP contribution in [-0.4, -0.2) is 53.9 Å². The number of nitrogens with zero attached hydrogens (tertiary/aromatic N) is 3. The Morgan fingerprint density at radius 2 is 1.84 bits per heavy atom. The van der Waals surface area contributed by atoms with Crippen LogP contribution in [0.1, 0.15) is 69.5 Å². The monoisotopic (exact) mass is 733 g/mol. The number of fused-ring (bicyclic) bond motifs is 8. The number of aromatic nitrogens is 4. The lowest BCUT2D eigenvalue weighted by Crippen LogP contribution is -2.44. The van der Waals surface area contributed by atoms with E-state index in [4.69, 9.17) is 15.8 Å². The fourth-order valence-corrected chi connectivity index (χ4v) is 12.5. The molecular weight excluding hydrogens is 685 g/mol. The first-order valence-corrected chi connectivity index (χ1v) is 21.4. The van der Waals surface area contributed by atoms with Gasteiger partial charge in [0.15, 0.2) is 11.6 Å². The summed E-state index contributed by atoms with van der Waals surface area (Å²) in [5.41, 5.74) is 8.40. The van der Waals surface area contributed by atoms with Crippen molar-refractivity contribution in [1.82, 2.24) is 19.7 Å². The van der Waals surface area contributed by atoms with Gasteiger partial charge in [0.2, 0.25) is 5.91 Å². The van der Waals surface area contributed by atoms with Crippen LogP contribution in [-0.2, 0) is 39.2 Å². The summed E-state index contributed by atoms with van der Waals surface area (Å²) in [5, 5.41) is 5.80. The number of nitrogens with one attached hydrogen (secondary N) is 1. The van der Waals surface area contributed by atoms with E-state index >= 15 is 8.78 Å². The molecule has 5 aromatic rings. The average molecular weight is 734 g/mol. The number of H-pyrrole nitrogens is 1. The predicted octanol–water partition coefficient (Wildman–Crippen LogP) is 8.20. The molecule has 0 saturated carbocycles. The zero-order chi connectivity index (χ0) is 37.0. The van der Waals surface area contributed by atoms with Gasteiger partial charge in [0, 0.05) is 46.5 Å². The maximum atomic E-state index is 16.0. The van der Waals surface area contributed by atoms with E-state index in [9.17, 15) is 9.00 Å². The molecular formula is C40H49F2N5O2S2. The van der Waals surface area contributed by atoms with Crippen LogP contribution in [0.25, 0.3) is 22.3 Å². The number of halogens is 2. The van der Waals surface area contributed by atoms with Crippen LogP contribution < -0.4 is 5.73 Å². The minimum absolute atomic E-state index is 0.259. The summed E-state index contributed by atoms with van der Waals surface area (Å²) < 4.78 is 48.1. The van der Waals surface area contributed by atoms with Crippen molar-refractivity contribution in [2.75, 3.05) is 24.0 Å². The van der Waals surface area contributed by atoms with Gasteiger partial charge in [-0.05, 0) is 97.6 Å². The van der Waals surface area contributed by atoms with Crippen molar-refractivity contribution < 1.29 is 17.8 Å². The molecule has 3 aromatic carbocycles. The maximum Gasteiger partial charge on any atom is 0.220 e. The van der Waals surface area contributed by atoms with Gasteiger partial charge in [-0.1, -0.05) is 72.3 Å². The first-order chi connectivity index (χ1) is 23.8. The van der Waals surface area contributed by atoms with E-state index in [-0.39, 0.29) is 28.6 Å². The fourth-order valence-electron chi connectivity index (χ4n) is 7.88. The lowest BCUT2D eigenvalue weighted by atomic mass is 9.75. The van der Waals surface area contributed by atoms with E-state index in [1.165, 1.54) is 23.9 Å². The Kier molecular flexibility index (Phi) is 9.63. The van der Waals surface area contributed by atoms with Crippen LogP contribution in [0.15, 0.2) is 70.6 Å². The number of primary amides is 1. The zero-order valence-corrected chi connectivity index (χ0v) is 32.2. The van der Waals surface area contributed by atoms with Crippen molar-refractivity contribution in [3.63, 3.8) is 0 Å². The number of nitrogens with two attached hydrogens (primary N) is 1. The molecule has 3 N–H and O–H groups in total. The van der Waals surface area contributed by atoms with Crippen molar-refractivity contribution >= 4 is 37.6 Å². The van der Waals surface area contributed by atoms with Crippen LogP contribution in [0.4, 0.5) is 8.78 Å². The number of hydrogen-bond acceptors (Lipinski definition) is 5. The molecule has 2 aromatic heterocycles. The van der Waals surface area contributed by atoms with E-state index in [0.29, 0.717) is 57.7 Å². The molecule has 0 unspecified atom stereocenters. The van der Waals surface area contributed by atoms with Gasteiger partial charge in [-0.15, -0.1) is 0 Å². The molecule has 4 bridgehead atoms. The van der Waals surface area contributed by atoms with Crippen molar-refractivity contribution in [3.05, 3.63) is 94.9 Å². The van der Waals surface area contributed by atoms with E-state index < -0.39 is 20.3 Å². The minimum atomic E-state index is -3.18. The zero-order valence-electron chi connectivity index (χ0n) is 30.6. The first-order valence-electron chi connectivity index (χ1n) is 17.5. The third-order valence-electron chi connectivity index (χ3n) is 10.5. The van der Waals surface area contributed by atoms with Crippen LogP contribution >= 0.6 is 11.8 Å². The summed E-state index contributed by atoms with van der Waals surface area (Å²) in [5.74, 6) is 0.353. The van der Waals surface area contributed by atoms with Crippen molar-refractivity contribution in [3.8, 4) is 11.4 Å². The Morgan fingerprint density at radius 3 is 2.59 bits per heavy atom. The summed E-state index contributed by atoms with van der Waals surface area (Å²) in [6.45, 7) is 8.29. The summed E-state index contributed by atoms with van der Waals surface area (Å²) in [4.78, 5) is 21.2. The summed E-state index contributed by atoms with van der Waals surface area (Å²) in [6.07, 6.45) is 8.81. The summed E-state index contributed by atoms with van der Waals surface area (Å²) in [6, 6.07) is 16.3. The van der Waals surface area contributed by atoms with Crippen molar-refractivity contribution in [2.24, 2.45) is 24.1 Å². The lowest BCUT2D eigenvalue weighted by molar-refractivity contribution is -0.121. The molecule has 11 heteroatoms. The quantitative estimate of drug-likeness (QED) is 0.194. The summed E-state index contributed by atoms with van der Waals surface area (Å²) >= 11 is 1.24. The van der Waals surface area contributed by atoms with Gasteiger partial charge < -0.3 is 10.7 Å². The number of rotatable bonds is 4. The highest BCUT2D eigenvalue weighted by Crippen LogP contribution is 2.43. The van der Waals surface area contributed by atoms with Gasteiger partial charge in [0.05, 0.1) is 15.9 Å². The number of amides is 1.